The molecule has 1 aliphatic carbocycles. The number of nitrogens with zero attached hydrogens (tertiary/aromatic N) is 3. The molecular weight excluding hydrogens is 735 g/mol. The predicted molar refractivity (Wildman–Crippen MR) is 239 cm³/mol. The molecule has 0 aliphatic heterocycles. The van der Waals surface area contributed by atoms with Crippen LogP contribution in [0.15, 0.2) is 168 Å². The molecule has 57 heavy (non-hydrogen) atoms. The Balaban J connectivity index is 1.14. The van der Waals surface area contributed by atoms with E-state index in [1.54, 1.807) is 11.3 Å². The van der Waals surface area contributed by atoms with Crippen molar-refractivity contribution in [3.63, 3.8) is 0 Å². The molecule has 4 aromatic heterocycles. The molecule has 4 nitrogen and oxygen atoms in total. The van der Waals surface area contributed by atoms with E-state index in [1.807, 2.05) is 23.5 Å². The minimum absolute atomic E-state index is 0.637. The first-order valence-electron chi connectivity index (χ1n) is 19.2. The summed E-state index contributed by atoms with van der Waals surface area (Å²) in [5.41, 5.74) is 9.61. The van der Waals surface area contributed by atoms with E-state index in [1.165, 1.54) is 57.0 Å². The Morgan fingerprint density at radius 1 is 0.421 bits per heavy atom. The molecular formula is C51H31N3OS2. The summed E-state index contributed by atoms with van der Waals surface area (Å²) in [5, 5.41) is 6.03. The van der Waals surface area contributed by atoms with Crippen LogP contribution in [-0.2, 0) is 6.42 Å². The summed E-state index contributed by atoms with van der Waals surface area (Å²) in [6.45, 7) is 0. The fraction of sp³-hybridized carbons (Fsp3) is 0.0392. The van der Waals surface area contributed by atoms with Gasteiger partial charge in [-0.2, -0.15) is 0 Å². The number of allylic oxidation sites excluding steroid dienone is 1. The van der Waals surface area contributed by atoms with E-state index in [0.29, 0.717) is 17.5 Å². The van der Waals surface area contributed by atoms with E-state index < -0.39 is 0 Å². The Bertz CT molecular complexity index is 3410. The molecule has 12 rings (SSSR count). The number of rotatable bonds is 5. The smallest absolute Gasteiger partial charge is 0.165 e. The second-order valence-electron chi connectivity index (χ2n) is 14.6. The molecule has 6 heteroatoms. The summed E-state index contributed by atoms with van der Waals surface area (Å²) < 4.78 is 11.6. The monoisotopic (exact) mass is 765 g/mol. The number of aromatic nitrogens is 3. The molecule has 0 bridgehead atoms. The number of aryl methyl sites for hydroxylation is 1. The summed E-state index contributed by atoms with van der Waals surface area (Å²) in [5.74, 6) is 2.91. The standard InChI is InChI=1S/C51H31N3OS2/c1-2-11-30(12-3-1)31-21-23-32(24-22-31)49-52-50(39-16-10-20-44-46(39)38-15-6-9-19-43(38)56-44)54-51(53-49)48-34(27-28-41-47(48)37-14-4-7-17-40(37)55-41)33-25-26-36-35-13-5-8-18-42(35)57-45(36)29-33/h1-26,29H,27-28H2. The van der Waals surface area contributed by atoms with Crippen LogP contribution in [0.25, 0.3) is 96.4 Å². The van der Waals surface area contributed by atoms with Gasteiger partial charge in [0.2, 0.25) is 0 Å². The van der Waals surface area contributed by atoms with Crippen LogP contribution >= 0.6 is 22.7 Å². The highest BCUT2D eigenvalue weighted by Crippen LogP contribution is 2.47. The van der Waals surface area contributed by atoms with E-state index in [9.17, 15) is 0 Å². The summed E-state index contributed by atoms with van der Waals surface area (Å²) in [6, 6.07) is 58.2. The number of benzene rings is 7. The molecule has 0 amide bonds. The number of hydrogen-bond donors (Lipinski definition) is 0. The lowest BCUT2D eigenvalue weighted by atomic mass is 9.84. The third kappa shape index (κ3) is 5.29. The third-order valence-electron chi connectivity index (χ3n) is 11.3. The van der Waals surface area contributed by atoms with Crippen molar-refractivity contribution < 1.29 is 4.42 Å². The second-order valence-corrected chi connectivity index (χ2v) is 16.8. The summed E-state index contributed by atoms with van der Waals surface area (Å²) in [7, 11) is 0. The van der Waals surface area contributed by atoms with Crippen LogP contribution < -0.4 is 0 Å². The van der Waals surface area contributed by atoms with E-state index in [-0.39, 0.29) is 0 Å². The Hall–Kier alpha value is -6.73. The van der Waals surface area contributed by atoms with Crippen molar-refractivity contribution in [1.82, 2.24) is 15.0 Å². The van der Waals surface area contributed by atoms with Gasteiger partial charge in [-0.15, -0.1) is 22.7 Å². The number of para-hydroxylation sites is 1. The van der Waals surface area contributed by atoms with Crippen molar-refractivity contribution in [3.8, 4) is 33.9 Å². The van der Waals surface area contributed by atoms with Gasteiger partial charge in [0, 0.05) is 74.4 Å². The van der Waals surface area contributed by atoms with Crippen LogP contribution in [0.5, 0.6) is 0 Å². The van der Waals surface area contributed by atoms with Gasteiger partial charge in [0.25, 0.3) is 0 Å². The molecule has 1 aliphatic rings. The molecule has 0 spiro atoms. The minimum Gasteiger partial charge on any atom is -0.460 e. The van der Waals surface area contributed by atoms with Gasteiger partial charge in [0.05, 0.1) is 0 Å². The maximum absolute atomic E-state index is 6.62. The maximum Gasteiger partial charge on any atom is 0.165 e. The molecule has 0 saturated carbocycles. The molecule has 4 heterocycles. The molecule has 0 radical (unpaired) electrons. The summed E-state index contributed by atoms with van der Waals surface area (Å²) in [4.78, 5) is 16.2. The van der Waals surface area contributed by atoms with Gasteiger partial charge in [-0.05, 0) is 59.0 Å². The van der Waals surface area contributed by atoms with Gasteiger partial charge in [-0.3, -0.25) is 0 Å². The SMILES string of the molecule is c1ccc(-c2ccc(-c3nc(C4=C(c5ccc6c(c5)sc5ccccc56)CCc5oc6ccccc6c54)nc(-c4cccc5sc6ccccc6c45)n3)cc2)cc1. The lowest BCUT2D eigenvalue weighted by molar-refractivity contribution is 0.547. The van der Waals surface area contributed by atoms with Crippen molar-refractivity contribution in [2.75, 3.05) is 0 Å². The first-order valence-corrected chi connectivity index (χ1v) is 20.9. The molecule has 0 fully saturated rings. The van der Waals surface area contributed by atoms with Crippen LogP contribution in [0.4, 0.5) is 0 Å². The Morgan fingerprint density at radius 3 is 1.89 bits per heavy atom. The lowest BCUT2D eigenvalue weighted by Crippen LogP contribution is -2.09. The number of thiophene rings is 2. The van der Waals surface area contributed by atoms with Crippen LogP contribution in [0.3, 0.4) is 0 Å². The Labute approximate surface area is 336 Å². The largest absolute Gasteiger partial charge is 0.460 e. The van der Waals surface area contributed by atoms with Crippen LogP contribution in [-0.4, -0.2) is 15.0 Å². The minimum atomic E-state index is 0.637. The van der Waals surface area contributed by atoms with E-state index in [0.717, 1.165) is 57.4 Å². The van der Waals surface area contributed by atoms with Gasteiger partial charge in [0.1, 0.15) is 11.3 Å². The zero-order valence-electron chi connectivity index (χ0n) is 30.6. The van der Waals surface area contributed by atoms with E-state index in [2.05, 4.69) is 152 Å². The average Bonchev–Trinajstić information content (AvgIpc) is 3.97. The van der Waals surface area contributed by atoms with Crippen LogP contribution in [0.1, 0.15) is 29.1 Å². The summed E-state index contributed by atoms with van der Waals surface area (Å²) >= 11 is 3.65. The summed E-state index contributed by atoms with van der Waals surface area (Å²) in [6.07, 6.45) is 1.59. The fourth-order valence-corrected chi connectivity index (χ4v) is 10.9. The number of hydrogen-bond acceptors (Lipinski definition) is 6. The van der Waals surface area contributed by atoms with Gasteiger partial charge in [-0.1, -0.05) is 133 Å². The highest BCUT2D eigenvalue weighted by molar-refractivity contribution is 7.26. The lowest BCUT2D eigenvalue weighted by Gasteiger charge is -2.21. The number of furan rings is 1. The normalized spacial score (nSPS) is 13.1. The zero-order valence-corrected chi connectivity index (χ0v) is 32.2. The molecule has 0 atom stereocenters. The molecule has 0 unspecified atom stereocenters. The average molecular weight is 766 g/mol. The number of fused-ring (bicyclic) bond motifs is 9. The highest BCUT2D eigenvalue weighted by Gasteiger charge is 2.30. The molecule has 7 aromatic carbocycles. The van der Waals surface area contributed by atoms with E-state index in [4.69, 9.17) is 19.4 Å². The van der Waals surface area contributed by atoms with Gasteiger partial charge < -0.3 is 4.42 Å². The zero-order chi connectivity index (χ0) is 37.5. The van der Waals surface area contributed by atoms with Crippen LogP contribution in [0.2, 0.25) is 0 Å². The molecule has 268 valence electrons. The fourth-order valence-electron chi connectivity index (χ4n) is 8.65. The first kappa shape index (κ1) is 32.5. The van der Waals surface area contributed by atoms with Gasteiger partial charge >= 0.3 is 0 Å². The van der Waals surface area contributed by atoms with Crippen molar-refractivity contribution >= 4 is 85.1 Å². The topological polar surface area (TPSA) is 51.8 Å². The second kappa shape index (κ2) is 12.9. The Morgan fingerprint density at radius 2 is 1.04 bits per heavy atom. The Kier molecular flexibility index (Phi) is 7.37. The quantitative estimate of drug-likeness (QED) is 0.175. The highest BCUT2D eigenvalue weighted by atomic mass is 32.1. The van der Waals surface area contributed by atoms with Gasteiger partial charge in [0.15, 0.2) is 17.5 Å². The van der Waals surface area contributed by atoms with Crippen molar-refractivity contribution in [1.29, 1.82) is 0 Å². The van der Waals surface area contributed by atoms with Crippen molar-refractivity contribution in [2.45, 2.75) is 12.8 Å². The molecule has 11 aromatic rings. The predicted octanol–water partition coefficient (Wildman–Crippen LogP) is 14.3. The van der Waals surface area contributed by atoms with Crippen LogP contribution in [0, 0.1) is 0 Å². The van der Waals surface area contributed by atoms with Crippen molar-refractivity contribution in [3.05, 3.63) is 187 Å². The van der Waals surface area contributed by atoms with E-state index >= 15 is 0 Å². The molecule has 0 saturated heterocycles. The maximum atomic E-state index is 6.62. The molecule has 0 N–H and O–H groups in total. The van der Waals surface area contributed by atoms with Crippen molar-refractivity contribution in [2.24, 2.45) is 0 Å². The first-order chi connectivity index (χ1) is 28.2. The van der Waals surface area contributed by atoms with Gasteiger partial charge in [-0.25, -0.2) is 15.0 Å². The third-order valence-corrected chi connectivity index (χ3v) is 13.6.